The van der Waals surface area contributed by atoms with E-state index in [2.05, 4.69) is 35.2 Å². The summed E-state index contributed by atoms with van der Waals surface area (Å²) in [5, 5.41) is 12.6. The lowest BCUT2D eigenvalue weighted by Crippen LogP contribution is -2.52. The maximum absolute atomic E-state index is 12.5. The van der Waals surface area contributed by atoms with Crippen LogP contribution in [0.1, 0.15) is 64.4 Å². The van der Waals surface area contributed by atoms with E-state index >= 15 is 0 Å². The fourth-order valence-corrected chi connectivity index (χ4v) is 5.59. The number of carbonyl (C=O) groups excluding carboxylic acids is 1. The monoisotopic (exact) mass is 498 g/mol. The Morgan fingerprint density at radius 1 is 1.00 bits per heavy atom. The third-order valence-electron chi connectivity index (χ3n) is 7.28. The van der Waals surface area contributed by atoms with Gasteiger partial charge in [0.25, 0.3) is 0 Å². The first kappa shape index (κ1) is 26.0. The summed E-state index contributed by atoms with van der Waals surface area (Å²) in [5.74, 6) is 0.00927. The number of aliphatic hydroxyl groups is 1. The average Bonchev–Trinajstić information content (AvgIpc) is 2.82. The Morgan fingerprint density at radius 2 is 1.63 bits per heavy atom. The average molecular weight is 499 g/mol. The summed E-state index contributed by atoms with van der Waals surface area (Å²) in [4.78, 5) is 16.7. The molecule has 1 aliphatic carbocycles. The zero-order chi connectivity index (χ0) is 25.1. The Bertz CT molecular complexity index is 1000. The lowest BCUT2D eigenvalue weighted by molar-refractivity contribution is -0.0356. The molecule has 2 aromatic rings. The van der Waals surface area contributed by atoms with Crippen molar-refractivity contribution in [1.29, 1.82) is 0 Å². The third-order valence-corrected chi connectivity index (χ3v) is 7.51. The molecule has 2 fully saturated rings. The minimum absolute atomic E-state index is 0.00927. The van der Waals surface area contributed by atoms with Crippen LogP contribution in [-0.4, -0.2) is 64.9 Å². The van der Waals surface area contributed by atoms with Gasteiger partial charge in [0.15, 0.2) is 0 Å². The molecule has 190 valence electrons. The Labute approximate surface area is 215 Å². The summed E-state index contributed by atoms with van der Waals surface area (Å²) in [5.41, 5.74) is 2.16. The summed E-state index contributed by atoms with van der Waals surface area (Å²) in [6, 6.07) is 16.5. The summed E-state index contributed by atoms with van der Waals surface area (Å²) >= 11 is 6.26. The van der Waals surface area contributed by atoms with Crippen molar-refractivity contribution >= 4 is 17.7 Å². The third kappa shape index (κ3) is 6.78. The highest BCUT2D eigenvalue weighted by molar-refractivity contribution is 6.30. The molecule has 2 aromatic carbocycles. The largest absolute Gasteiger partial charge is 0.444 e. The van der Waals surface area contributed by atoms with Gasteiger partial charge in [-0.3, -0.25) is 4.90 Å². The highest BCUT2D eigenvalue weighted by atomic mass is 35.5. The van der Waals surface area contributed by atoms with Gasteiger partial charge in [-0.05, 0) is 62.4 Å². The van der Waals surface area contributed by atoms with Gasteiger partial charge in [0.2, 0.25) is 0 Å². The molecule has 1 amide bonds. The molecule has 0 aromatic heterocycles. The number of hydrogen-bond donors (Lipinski definition) is 1. The summed E-state index contributed by atoms with van der Waals surface area (Å²) in [6.45, 7) is 9.30. The van der Waals surface area contributed by atoms with E-state index in [0.29, 0.717) is 13.1 Å². The highest BCUT2D eigenvalue weighted by Gasteiger charge is 2.40. The van der Waals surface area contributed by atoms with E-state index in [0.717, 1.165) is 61.5 Å². The van der Waals surface area contributed by atoms with Gasteiger partial charge >= 0.3 is 6.09 Å². The van der Waals surface area contributed by atoms with Crippen molar-refractivity contribution in [2.75, 3.05) is 32.7 Å². The Balaban J connectivity index is 1.52. The van der Waals surface area contributed by atoms with Crippen molar-refractivity contribution in [3.8, 4) is 11.1 Å². The second-order valence-corrected chi connectivity index (χ2v) is 11.6. The fraction of sp³-hybridized carbons (Fsp3) is 0.552. The summed E-state index contributed by atoms with van der Waals surface area (Å²) in [6.07, 6.45) is 4.73. The first-order chi connectivity index (χ1) is 16.6. The van der Waals surface area contributed by atoms with Crippen LogP contribution in [0.5, 0.6) is 0 Å². The highest BCUT2D eigenvalue weighted by Crippen LogP contribution is 2.41. The van der Waals surface area contributed by atoms with E-state index in [4.69, 9.17) is 16.3 Å². The molecule has 1 saturated carbocycles. The van der Waals surface area contributed by atoms with Crippen LogP contribution in [0.2, 0.25) is 5.02 Å². The Kier molecular flexibility index (Phi) is 8.09. The second kappa shape index (κ2) is 10.9. The first-order valence-electron chi connectivity index (χ1n) is 12.9. The Morgan fingerprint density at radius 3 is 2.26 bits per heavy atom. The molecule has 0 bridgehead atoms. The standard InChI is InChI=1S/C29H39ClN2O3/c1-28(2,3)35-27(33)32-17-15-31(16-18-32)21-26(29(34)13-5-4-6-14-29)24-11-7-9-22(19-24)23-10-8-12-25(30)20-23/h7-12,19-20,26,34H,4-6,13-18,21H2,1-3H3. The number of piperazine rings is 1. The zero-order valence-electron chi connectivity index (χ0n) is 21.3. The van der Waals surface area contributed by atoms with Crippen LogP contribution in [0.15, 0.2) is 48.5 Å². The summed E-state index contributed by atoms with van der Waals surface area (Å²) in [7, 11) is 0. The predicted octanol–water partition coefficient (Wildman–Crippen LogP) is 6.34. The molecule has 6 heteroatoms. The van der Waals surface area contributed by atoms with E-state index in [9.17, 15) is 9.90 Å². The predicted molar refractivity (Wildman–Crippen MR) is 142 cm³/mol. The van der Waals surface area contributed by atoms with Gasteiger partial charge < -0.3 is 14.7 Å². The topological polar surface area (TPSA) is 53.0 Å². The molecule has 0 spiro atoms. The van der Waals surface area contributed by atoms with Crippen LogP contribution in [0.4, 0.5) is 4.79 Å². The number of benzene rings is 2. The fourth-order valence-electron chi connectivity index (χ4n) is 5.40. The molecule has 4 rings (SSSR count). The van der Waals surface area contributed by atoms with Crippen LogP contribution in [0.25, 0.3) is 11.1 Å². The quantitative estimate of drug-likeness (QED) is 0.522. The number of hydrogen-bond acceptors (Lipinski definition) is 4. The van der Waals surface area contributed by atoms with Gasteiger partial charge in [-0.2, -0.15) is 0 Å². The molecule has 1 unspecified atom stereocenters. The van der Waals surface area contributed by atoms with E-state index in [-0.39, 0.29) is 12.0 Å². The van der Waals surface area contributed by atoms with E-state index < -0.39 is 11.2 Å². The van der Waals surface area contributed by atoms with Crippen molar-refractivity contribution in [1.82, 2.24) is 9.80 Å². The number of ether oxygens (including phenoxy) is 1. The van der Waals surface area contributed by atoms with Gasteiger partial charge in [-0.15, -0.1) is 0 Å². The lowest BCUT2D eigenvalue weighted by Gasteiger charge is -2.43. The van der Waals surface area contributed by atoms with E-state index in [1.165, 1.54) is 12.0 Å². The molecule has 1 saturated heterocycles. The lowest BCUT2D eigenvalue weighted by atomic mass is 9.72. The minimum Gasteiger partial charge on any atom is -0.444 e. The number of amides is 1. The van der Waals surface area contributed by atoms with Gasteiger partial charge in [0.1, 0.15) is 5.60 Å². The van der Waals surface area contributed by atoms with Crippen molar-refractivity contribution in [3.63, 3.8) is 0 Å². The second-order valence-electron chi connectivity index (χ2n) is 11.1. The number of nitrogens with zero attached hydrogens (tertiary/aromatic N) is 2. The molecule has 1 heterocycles. The molecule has 1 N–H and O–H groups in total. The molecular weight excluding hydrogens is 460 g/mol. The molecule has 1 atom stereocenters. The molecule has 0 radical (unpaired) electrons. The summed E-state index contributed by atoms with van der Waals surface area (Å²) < 4.78 is 5.56. The van der Waals surface area contributed by atoms with Gasteiger partial charge in [-0.1, -0.05) is 67.3 Å². The Hall–Kier alpha value is -2.08. The van der Waals surface area contributed by atoms with Gasteiger partial charge in [0.05, 0.1) is 5.60 Å². The molecule has 1 aliphatic heterocycles. The van der Waals surface area contributed by atoms with Crippen LogP contribution in [-0.2, 0) is 4.74 Å². The van der Waals surface area contributed by atoms with E-state index in [1.54, 1.807) is 4.90 Å². The SMILES string of the molecule is CC(C)(C)OC(=O)N1CCN(CC(c2cccc(-c3cccc(Cl)c3)c2)C2(O)CCCCC2)CC1. The van der Waals surface area contributed by atoms with Crippen LogP contribution >= 0.6 is 11.6 Å². The van der Waals surface area contributed by atoms with E-state index in [1.807, 2.05) is 39.0 Å². The number of halogens is 1. The number of rotatable bonds is 5. The first-order valence-corrected chi connectivity index (χ1v) is 13.3. The molecule has 35 heavy (non-hydrogen) atoms. The molecule has 2 aliphatic rings. The maximum Gasteiger partial charge on any atom is 0.410 e. The molecular formula is C29H39ClN2O3. The minimum atomic E-state index is -0.715. The smallest absolute Gasteiger partial charge is 0.410 e. The van der Waals surface area contributed by atoms with Crippen molar-refractivity contribution in [3.05, 3.63) is 59.1 Å². The van der Waals surface area contributed by atoms with Crippen molar-refractivity contribution in [2.24, 2.45) is 0 Å². The van der Waals surface area contributed by atoms with Crippen molar-refractivity contribution < 1.29 is 14.6 Å². The zero-order valence-corrected chi connectivity index (χ0v) is 22.1. The van der Waals surface area contributed by atoms with Crippen LogP contribution in [0, 0.1) is 0 Å². The van der Waals surface area contributed by atoms with Gasteiger partial charge in [0, 0.05) is 43.7 Å². The van der Waals surface area contributed by atoms with Crippen molar-refractivity contribution in [2.45, 2.75) is 70.0 Å². The van der Waals surface area contributed by atoms with Gasteiger partial charge in [-0.25, -0.2) is 4.79 Å². The normalized spacial score (nSPS) is 19.9. The maximum atomic E-state index is 12.5. The molecule has 5 nitrogen and oxygen atoms in total. The van der Waals surface area contributed by atoms with Crippen LogP contribution in [0.3, 0.4) is 0 Å². The number of carbonyl (C=O) groups is 1. The van der Waals surface area contributed by atoms with Crippen LogP contribution < -0.4 is 0 Å².